The van der Waals surface area contributed by atoms with Crippen LogP contribution in [0.2, 0.25) is 0 Å². The van der Waals surface area contributed by atoms with E-state index in [1.807, 2.05) is 36.5 Å². The Bertz CT molecular complexity index is 1460. The van der Waals surface area contributed by atoms with Gasteiger partial charge in [-0.1, -0.05) is 60.3 Å². The van der Waals surface area contributed by atoms with Crippen molar-refractivity contribution in [3.63, 3.8) is 0 Å². The highest BCUT2D eigenvalue weighted by molar-refractivity contribution is 7.99. The van der Waals surface area contributed by atoms with Crippen molar-refractivity contribution in [2.45, 2.75) is 42.0 Å². The van der Waals surface area contributed by atoms with Gasteiger partial charge in [-0.2, -0.15) is 0 Å². The van der Waals surface area contributed by atoms with E-state index in [-0.39, 0.29) is 5.91 Å². The van der Waals surface area contributed by atoms with Crippen LogP contribution in [0.15, 0.2) is 87.6 Å². The van der Waals surface area contributed by atoms with E-state index in [4.69, 9.17) is 4.99 Å². The molecule has 2 heterocycles. The van der Waals surface area contributed by atoms with Crippen LogP contribution < -0.4 is 10.2 Å². The van der Waals surface area contributed by atoms with E-state index >= 15 is 0 Å². The Hall–Kier alpha value is -3.35. The van der Waals surface area contributed by atoms with Gasteiger partial charge in [-0.05, 0) is 66.6 Å². The van der Waals surface area contributed by atoms with Gasteiger partial charge in [-0.3, -0.25) is 4.79 Å². The number of rotatable bonds is 5. The summed E-state index contributed by atoms with van der Waals surface area (Å²) in [6.07, 6.45) is 6.21. The smallest absolute Gasteiger partial charge is 0.254 e. The van der Waals surface area contributed by atoms with Gasteiger partial charge in [0.15, 0.2) is 0 Å². The molecule has 3 aromatic carbocycles. The van der Waals surface area contributed by atoms with Crippen LogP contribution in [0.4, 0.5) is 16.4 Å². The largest absolute Gasteiger partial charge is 0.348 e. The molecule has 6 heteroatoms. The number of amides is 1. The molecule has 1 amide bonds. The van der Waals surface area contributed by atoms with Crippen molar-refractivity contribution in [3.05, 3.63) is 99.9 Å². The first-order chi connectivity index (χ1) is 17.7. The number of para-hydroxylation sites is 1. The molecule has 6 rings (SSSR count). The fourth-order valence-corrected chi connectivity index (χ4v) is 7.34. The number of thiophene rings is 1. The number of carbonyl (C=O) groups is 1. The normalized spacial score (nSPS) is 14.3. The Morgan fingerprint density at radius 1 is 0.972 bits per heavy atom. The highest BCUT2D eigenvalue weighted by atomic mass is 32.2. The second kappa shape index (κ2) is 9.96. The number of anilines is 2. The molecule has 180 valence electrons. The van der Waals surface area contributed by atoms with Crippen molar-refractivity contribution in [1.29, 1.82) is 0 Å². The number of aliphatic imine (C=N–C) groups is 1. The molecule has 0 saturated heterocycles. The van der Waals surface area contributed by atoms with E-state index in [9.17, 15) is 4.79 Å². The number of aryl methyl sites for hydroxylation is 1. The first kappa shape index (κ1) is 23.1. The number of hydrogen-bond donors (Lipinski definition) is 1. The molecular weight excluding hydrogens is 482 g/mol. The number of benzene rings is 3. The lowest BCUT2D eigenvalue weighted by Crippen LogP contribution is -2.24. The molecule has 1 aromatic heterocycles. The third-order valence-electron chi connectivity index (χ3n) is 6.80. The Morgan fingerprint density at radius 3 is 2.64 bits per heavy atom. The minimum Gasteiger partial charge on any atom is -0.348 e. The van der Waals surface area contributed by atoms with Gasteiger partial charge in [0.1, 0.15) is 5.00 Å². The van der Waals surface area contributed by atoms with Gasteiger partial charge in [0.2, 0.25) is 0 Å². The van der Waals surface area contributed by atoms with E-state index in [0.29, 0.717) is 6.54 Å². The maximum absolute atomic E-state index is 13.3. The number of nitrogens with one attached hydrogen (secondary N) is 1. The van der Waals surface area contributed by atoms with Crippen molar-refractivity contribution in [2.24, 2.45) is 4.99 Å². The van der Waals surface area contributed by atoms with Crippen LogP contribution in [0.3, 0.4) is 0 Å². The van der Waals surface area contributed by atoms with E-state index < -0.39 is 0 Å². The van der Waals surface area contributed by atoms with Crippen molar-refractivity contribution in [2.75, 3.05) is 11.9 Å². The van der Waals surface area contributed by atoms with Crippen LogP contribution in [0.1, 0.15) is 44.8 Å². The van der Waals surface area contributed by atoms with Crippen molar-refractivity contribution in [3.8, 4) is 0 Å². The van der Waals surface area contributed by atoms with Gasteiger partial charge < -0.3 is 10.2 Å². The summed E-state index contributed by atoms with van der Waals surface area (Å²) < 4.78 is 0. The van der Waals surface area contributed by atoms with Crippen LogP contribution in [-0.4, -0.2) is 19.2 Å². The summed E-state index contributed by atoms with van der Waals surface area (Å²) in [4.78, 5) is 24.2. The molecule has 0 unspecified atom stereocenters. The summed E-state index contributed by atoms with van der Waals surface area (Å²) in [7, 11) is 2.11. The second-order valence-electron chi connectivity index (χ2n) is 9.17. The highest BCUT2D eigenvalue weighted by Gasteiger charge is 2.25. The van der Waals surface area contributed by atoms with Crippen LogP contribution in [0.25, 0.3) is 0 Å². The summed E-state index contributed by atoms with van der Waals surface area (Å²) in [6, 6.07) is 25.0. The molecule has 0 spiro atoms. The van der Waals surface area contributed by atoms with Crippen molar-refractivity contribution in [1.82, 2.24) is 5.32 Å². The Kier molecular flexibility index (Phi) is 6.38. The molecule has 0 saturated carbocycles. The topological polar surface area (TPSA) is 44.7 Å². The van der Waals surface area contributed by atoms with Crippen LogP contribution in [0.5, 0.6) is 0 Å². The fraction of sp³-hybridized carbons (Fsp3) is 0.200. The van der Waals surface area contributed by atoms with E-state index in [0.717, 1.165) is 41.0 Å². The molecular formula is C30H27N3OS2. The van der Waals surface area contributed by atoms with Gasteiger partial charge in [0.05, 0.1) is 16.9 Å². The molecule has 4 nitrogen and oxygen atoms in total. The molecule has 1 aliphatic heterocycles. The van der Waals surface area contributed by atoms with Gasteiger partial charge in [0.25, 0.3) is 5.91 Å². The number of hydrogen-bond acceptors (Lipinski definition) is 5. The molecule has 1 aliphatic carbocycles. The number of nitrogens with zero attached hydrogens (tertiary/aromatic N) is 2. The van der Waals surface area contributed by atoms with Gasteiger partial charge in [0, 0.05) is 34.5 Å². The number of carbonyl (C=O) groups excluding carboxylic acids is 1. The zero-order valence-electron chi connectivity index (χ0n) is 20.2. The van der Waals surface area contributed by atoms with Gasteiger partial charge >= 0.3 is 0 Å². The molecule has 0 atom stereocenters. The fourth-order valence-electron chi connectivity index (χ4n) is 4.91. The predicted octanol–water partition coefficient (Wildman–Crippen LogP) is 7.54. The van der Waals surface area contributed by atoms with Crippen LogP contribution in [-0.2, 0) is 19.4 Å². The van der Waals surface area contributed by atoms with Crippen LogP contribution in [0, 0.1) is 0 Å². The van der Waals surface area contributed by atoms with Gasteiger partial charge in [-0.25, -0.2) is 4.99 Å². The Labute approximate surface area is 220 Å². The Balaban J connectivity index is 1.28. The van der Waals surface area contributed by atoms with E-state index in [2.05, 4.69) is 59.7 Å². The van der Waals surface area contributed by atoms with Crippen molar-refractivity contribution < 1.29 is 4.79 Å². The average Bonchev–Trinajstić information content (AvgIpc) is 3.30. The zero-order valence-corrected chi connectivity index (χ0v) is 21.8. The Morgan fingerprint density at radius 2 is 1.75 bits per heavy atom. The predicted molar refractivity (Wildman–Crippen MR) is 151 cm³/mol. The second-order valence-corrected chi connectivity index (χ2v) is 11.3. The number of fused-ring (bicyclic) bond motifs is 3. The summed E-state index contributed by atoms with van der Waals surface area (Å²) in [5.74, 6) is -0.0235. The zero-order chi connectivity index (χ0) is 24.5. The molecule has 4 aromatic rings. The standard InChI is InChI=1S/C30H27N3OS2/c1-33-23-12-6-8-14-26(23)35-27-17-21(15-16-24(27)33)19-32-30-28(22-11-5-7-13-25(22)36-30)29(34)31-18-20-9-3-2-4-10-20/h2-4,6,8-10,12,14-17,19H,5,7,11,13,18H2,1H3,(H,31,34)/b32-19+. The maximum Gasteiger partial charge on any atom is 0.254 e. The summed E-state index contributed by atoms with van der Waals surface area (Å²) in [6.45, 7) is 0.518. The van der Waals surface area contributed by atoms with E-state index in [1.54, 1.807) is 23.1 Å². The van der Waals surface area contributed by atoms with E-state index in [1.165, 1.54) is 38.0 Å². The molecule has 2 aliphatic rings. The lowest BCUT2D eigenvalue weighted by Gasteiger charge is -2.29. The molecule has 0 radical (unpaired) electrons. The summed E-state index contributed by atoms with van der Waals surface area (Å²) in [5, 5.41) is 3.95. The maximum atomic E-state index is 13.3. The average molecular weight is 510 g/mol. The quantitative estimate of drug-likeness (QED) is 0.283. The summed E-state index contributed by atoms with van der Waals surface area (Å²) >= 11 is 3.47. The SMILES string of the molecule is CN1c2ccccc2Sc2cc(/C=N/c3sc4c(c3C(=O)NCc3ccccc3)CCCC4)ccc21. The monoisotopic (exact) mass is 509 g/mol. The first-order valence-electron chi connectivity index (χ1n) is 12.3. The van der Waals surface area contributed by atoms with Crippen LogP contribution >= 0.6 is 23.1 Å². The lowest BCUT2D eigenvalue weighted by atomic mass is 9.95. The first-order valence-corrected chi connectivity index (χ1v) is 14.0. The lowest BCUT2D eigenvalue weighted by molar-refractivity contribution is 0.0951. The van der Waals surface area contributed by atoms with Crippen molar-refractivity contribution >= 4 is 51.6 Å². The molecule has 0 fully saturated rings. The molecule has 36 heavy (non-hydrogen) atoms. The minimum absolute atomic E-state index is 0.0235. The van der Waals surface area contributed by atoms with Gasteiger partial charge in [-0.15, -0.1) is 11.3 Å². The highest BCUT2D eigenvalue weighted by Crippen LogP contribution is 2.47. The minimum atomic E-state index is -0.0235. The third-order valence-corrected chi connectivity index (χ3v) is 9.11. The third kappa shape index (κ3) is 4.47. The molecule has 0 bridgehead atoms. The summed E-state index contributed by atoms with van der Waals surface area (Å²) in [5.41, 5.74) is 6.52. The molecule has 1 N–H and O–H groups in total.